The predicted octanol–water partition coefficient (Wildman–Crippen LogP) is 4.78. The van der Waals surface area contributed by atoms with Crippen molar-refractivity contribution < 1.29 is 18.7 Å². The number of nitrogens with one attached hydrogen (secondary N) is 1. The SMILES string of the molecule is CCOc1ccc(N=C2SC(CC(=O)Nc3ccc(F)cc3)C(=O)N2Cc2ccccn2)cc1. The lowest BCUT2D eigenvalue weighted by atomic mass is 10.2. The lowest BCUT2D eigenvalue weighted by Crippen LogP contribution is -2.33. The van der Waals surface area contributed by atoms with E-state index in [0.717, 1.165) is 5.75 Å². The van der Waals surface area contributed by atoms with E-state index in [1.165, 1.54) is 36.0 Å². The van der Waals surface area contributed by atoms with Crippen LogP contribution in [0.15, 0.2) is 77.9 Å². The van der Waals surface area contributed by atoms with E-state index in [1.807, 2.05) is 49.4 Å². The van der Waals surface area contributed by atoms with Crippen molar-refractivity contribution in [3.8, 4) is 5.75 Å². The van der Waals surface area contributed by atoms with Crippen molar-refractivity contribution in [2.24, 2.45) is 4.99 Å². The van der Waals surface area contributed by atoms with Gasteiger partial charge in [0.25, 0.3) is 0 Å². The largest absolute Gasteiger partial charge is 0.494 e. The number of aliphatic imine (C=N–C) groups is 1. The number of nitrogens with zero attached hydrogens (tertiary/aromatic N) is 3. The van der Waals surface area contributed by atoms with Gasteiger partial charge in [-0.15, -0.1) is 0 Å². The minimum absolute atomic E-state index is 0.0398. The van der Waals surface area contributed by atoms with Crippen LogP contribution in [0.3, 0.4) is 0 Å². The van der Waals surface area contributed by atoms with E-state index in [2.05, 4.69) is 15.3 Å². The van der Waals surface area contributed by atoms with Crippen LogP contribution in [-0.2, 0) is 16.1 Å². The number of hydrogen-bond donors (Lipinski definition) is 1. The topological polar surface area (TPSA) is 83.9 Å². The van der Waals surface area contributed by atoms with Crippen LogP contribution in [0.4, 0.5) is 15.8 Å². The van der Waals surface area contributed by atoms with Gasteiger partial charge in [0.15, 0.2) is 5.17 Å². The van der Waals surface area contributed by atoms with E-state index in [4.69, 9.17) is 4.74 Å². The molecule has 1 aliphatic heterocycles. The maximum absolute atomic E-state index is 13.2. The number of amides is 2. The monoisotopic (exact) mass is 478 g/mol. The molecule has 4 rings (SSSR count). The third-order valence-electron chi connectivity index (χ3n) is 4.94. The first-order chi connectivity index (χ1) is 16.5. The van der Waals surface area contributed by atoms with Crippen LogP contribution in [0.5, 0.6) is 5.75 Å². The zero-order chi connectivity index (χ0) is 23.9. The summed E-state index contributed by atoms with van der Waals surface area (Å²) in [4.78, 5) is 36.3. The second-order valence-electron chi connectivity index (χ2n) is 7.43. The van der Waals surface area contributed by atoms with Gasteiger partial charge in [0.1, 0.15) is 16.8 Å². The molecular weight excluding hydrogens is 455 g/mol. The van der Waals surface area contributed by atoms with E-state index < -0.39 is 5.25 Å². The van der Waals surface area contributed by atoms with Crippen molar-refractivity contribution in [3.05, 3.63) is 84.4 Å². The molecule has 1 aromatic heterocycles. The number of pyridine rings is 1. The summed E-state index contributed by atoms with van der Waals surface area (Å²) in [6.07, 6.45) is 1.63. The second kappa shape index (κ2) is 10.9. The number of anilines is 1. The summed E-state index contributed by atoms with van der Waals surface area (Å²) in [5, 5.41) is 2.57. The number of halogens is 1. The number of carbonyl (C=O) groups excluding carboxylic acids is 2. The highest BCUT2D eigenvalue weighted by Gasteiger charge is 2.39. The molecule has 1 fully saturated rings. The van der Waals surface area contributed by atoms with Gasteiger partial charge in [-0.05, 0) is 67.6 Å². The highest BCUT2D eigenvalue weighted by molar-refractivity contribution is 8.15. The van der Waals surface area contributed by atoms with E-state index in [1.54, 1.807) is 11.1 Å². The fraction of sp³-hybridized carbons (Fsp3) is 0.200. The Morgan fingerprint density at radius 2 is 1.91 bits per heavy atom. The fourth-order valence-electron chi connectivity index (χ4n) is 3.33. The van der Waals surface area contributed by atoms with Crippen LogP contribution in [-0.4, -0.2) is 38.7 Å². The average Bonchev–Trinajstić information content (AvgIpc) is 3.11. The number of aromatic nitrogens is 1. The first-order valence-electron chi connectivity index (χ1n) is 10.8. The minimum Gasteiger partial charge on any atom is -0.494 e. The molecule has 2 aromatic carbocycles. The molecular formula is C25H23FN4O3S. The average molecular weight is 479 g/mol. The minimum atomic E-state index is -0.634. The summed E-state index contributed by atoms with van der Waals surface area (Å²) in [5.74, 6) is -0.200. The molecule has 1 aliphatic rings. The van der Waals surface area contributed by atoms with Gasteiger partial charge in [-0.2, -0.15) is 0 Å². The maximum Gasteiger partial charge on any atom is 0.243 e. The highest BCUT2D eigenvalue weighted by Crippen LogP contribution is 2.33. The van der Waals surface area contributed by atoms with E-state index >= 15 is 0 Å². The number of benzene rings is 2. The lowest BCUT2D eigenvalue weighted by Gasteiger charge is -2.16. The molecule has 0 bridgehead atoms. The Hall–Kier alpha value is -3.72. The van der Waals surface area contributed by atoms with Crippen molar-refractivity contribution in [2.45, 2.75) is 25.1 Å². The molecule has 174 valence electrons. The van der Waals surface area contributed by atoms with Gasteiger partial charge in [-0.1, -0.05) is 17.8 Å². The quantitative estimate of drug-likeness (QED) is 0.504. The van der Waals surface area contributed by atoms with Gasteiger partial charge in [0, 0.05) is 18.3 Å². The van der Waals surface area contributed by atoms with Gasteiger partial charge in [0.05, 0.1) is 24.5 Å². The second-order valence-corrected chi connectivity index (χ2v) is 8.60. The zero-order valence-corrected chi connectivity index (χ0v) is 19.3. The molecule has 1 saturated heterocycles. The molecule has 1 atom stereocenters. The van der Waals surface area contributed by atoms with Crippen LogP contribution < -0.4 is 10.1 Å². The number of rotatable bonds is 8. The number of carbonyl (C=O) groups is 2. The van der Waals surface area contributed by atoms with Gasteiger partial charge >= 0.3 is 0 Å². The summed E-state index contributed by atoms with van der Waals surface area (Å²) < 4.78 is 18.6. The molecule has 3 aromatic rings. The summed E-state index contributed by atoms with van der Waals surface area (Å²) >= 11 is 1.24. The van der Waals surface area contributed by atoms with E-state index in [9.17, 15) is 14.0 Å². The Bertz CT molecular complexity index is 1170. The highest BCUT2D eigenvalue weighted by atomic mass is 32.2. The van der Waals surface area contributed by atoms with Crippen molar-refractivity contribution in [2.75, 3.05) is 11.9 Å². The van der Waals surface area contributed by atoms with Crippen molar-refractivity contribution in [1.82, 2.24) is 9.88 Å². The molecule has 7 nitrogen and oxygen atoms in total. The first-order valence-corrected chi connectivity index (χ1v) is 11.6. The molecule has 2 amide bonds. The zero-order valence-electron chi connectivity index (χ0n) is 18.5. The Morgan fingerprint density at radius 1 is 1.15 bits per heavy atom. The Labute approximate surface area is 201 Å². The van der Waals surface area contributed by atoms with E-state index in [0.29, 0.717) is 28.8 Å². The summed E-state index contributed by atoms with van der Waals surface area (Å²) in [6, 6.07) is 18.2. The van der Waals surface area contributed by atoms with Gasteiger partial charge in [-0.3, -0.25) is 19.5 Å². The van der Waals surface area contributed by atoms with Gasteiger partial charge in [0.2, 0.25) is 11.8 Å². The summed E-state index contributed by atoms with van der Waals surface area (Å²) in [5.41, 5.74) is 1.85. The molecule has 0 radical (unpaired) electrons. The number of ether oxygens (including phenoxy) is 1. The van der Waals surface area contributed by atoms with E-state index in [-0.39, 0.29) is 30.6 Å². The molecule has 0 aliphatic carbocycles. The first kappa shape index (κ1) is 23.4. The van der Waals surface area contributed by atoms with Crippen LogP contribution >= 0.6 is 11.8 Å². The van der Waals surface area contributed by atoms with Gasteiger partial charge in [-0.25, -0.2) is 9.38 Å². The third-order valence-corrected chi connectivity index (χ3v) is 6.11. The molecule has 1 N–H and O–H groups in total. The molecule has 1 unspecified atom stereocenters. The fourth-order valence-corrected chi connectivity index (χ4v) is 4.49. The van der Waals surface area contributed by atoms with Crippen molar-refractivity contribution in [1.29, 1.82) is 0 Å². The van der Waals surface area contributed by atoms with Crippen LogP contribution in [0.25, 0.3) is 0 Å². The third kappa shape index (κ3) is 5.99. The number of thioether (sulfide) groups is 1. The molecule has 0 spiro atoms. The smallest absolute Gasteiger partial charge is 0.243 e. The Kier molecular flexibility index (Phi) is 7.54. The molecule has 0 saturated carbocycles. The molecule has 9 heteroatoms. The van der Waals surface area contributed by atoms with Crippen LogP contribution in [0.1, 0.15) is 19.0 Å². The van der Waals surface area contributed by atoms with Crippen molar-refractivity contribution >= 4 is 40.1 Å². The Balaban J connectivity index is 1.52. The maximum atomic E-state index is 13.2. The summed E-state index contributed by atoms with van der Waals surface area (Å²) in [6.45, 7) is 2.73. The lowest BCUT2D eigenvalue weighted by molar-refractivity contribution is -0.128. The summed E-state index contributed by atoms with van der Waals surface area (Å²) in [7, 11) is 0. The molecule has 34 heavy (non-hydrogen) atoms. The van der Waals surface area contributed by atoms with Crippen LogP contribution in [0.2, 0.25) is 0 Å². The number of hydrogen-bond acceptors (Lipinski definition) is 6. The standard InChI is InChI=1S/C25H23FN4O3S/c1-2-33-21-12-10-19(11-13-21)29-25-30(16-20-5-3-4-14-27-20)24(32)22(34-25)15-23(31)28-18-8-6-17(26)7-9-18/h3-14,22H,2,15-16H2,1H3,(H,28,31). The molecule has 2 heterocycles. The predicted molar refractivity (Wildman–Crippen MR) is 131 cm³/mol. The van der Waals surface area contributed by atoms with Crippen molar-refractivity contribution in [3.63, 3.8) is 0 Å². The number of amidine groups is 1. The van der Waals surface area contributed by atoms with Crippen LogP contribution in [0, 0.1) is 5.82 Å². The van der Waals surface area contributed by atoms with Gasteiger partial charge < -0.3 is 10.1 Å². The Morgan fingerprint density at radius 3 is 2.59 bits per heavy atom. The normalized spacial score (nSPS) is 16.6.